The first-order chi connectivity index (χ1) is 15.7. The Hall–Kier alpha value is -3.52. The summed E-state index contributed by atoms with van der Waals surface area (Å²) in [5.41, 5.74) is 7.16. The lowest BCUT2D eigenvalue weighted by Gasteiger charge is -2.18. The third-order valence-electron chi connectivity index (χ3n) is 5.43. The van der Waals surface area contributed by atoms with E-state index < -0.39 is 11.0 Å². The van der Waals surface area contributed by atoms with Crippen LogP contribution in [-0.2, 0) is 11.0 Å². The fraction of sp³-hybridized carbons (Fsp3) is 0.208. The minimum Gasteiger partial charge on any atom is -0.497 e. The molecule has 0 saturated carbocycles. The third-order valence-corrected chi connectivity index (χ3v) is 6.53. The van der Waals surface area contributed by atoms with Gasteiger partial charge >= 0.3 is 0 Å². The molecule has 7 nitrogen and oxygen atoms in total. The van der Waals surface area contributed by atoms with E-state index in [9.17, 15) is 4.21 Å². The fourth-order valence-corrected chi connectivity index (χ4v) is 4.56. The van der Waals surface area contributed by atoms with E-state index in [1.807, 2.05) is 36.4 Å². The lowest BCUT2D eigenvalue weighted by atomic mass is 9.99. The van der Waals surface area contributed by atoms with Gasteiger partial charge in [0.2, 0.25) is 0 Å². The quantitative estimate of drug-likeness (QED) is 0.594. The van der Waals surface area contributed by atoms with Crippen molar-refractivity contribution >= 4 is 22.4 Å². The highest BCUT2D eigenvalue weighted by molar-refractivity contribution is 7.86. The van der Waals surface area contributed by atoms with Crippen molar-refractivity contribution in [2.24, 2.45) is 5.10 Å². The van der Waals surface area contributed by atoms with Gasteiger partial charge < -0.3 is 24.4 Å². The van der Waals surface area contributed by atoms with Gasteiger partial charge in [0.15, 0.2) is 11.5 Å². The van der Waals surface area contributed by atoms with Crippen molar-refractivity contribution in [3.63, 3.8) is 0 Å². The number of methoxy groups -OCH3 is 1. The number of rotatable bonds is 6. The maximum atomic E-state index is 12.7. The molecule has 0 bridgehead atoms. The number of nitrogens with one attached hydrogen (secondary N) is 2. The highest BCUT2D eigenvalue weighted by Crippen LogP contribution is 2.32. The molecule has 2 unspecified atom stereocenters. The molecule has 0 amide bonds. The normalized spacial score (nSPS) is 17.8. The van der Waals surface area contributed by atoms with Crippen molar-refractivity contribution in [3.8, 4) is 17.2 Å². The van der Waals surface area contributed by atoms with E-state index in [4.69, 9.17) is 14.2 Å². The van der Waals surface area contributed by atoms with Crippen molar-refractivity contribution in [1.29, 1.82) is 0 Å². The Kier molecular flexibility index (Phi) is 5.68. The molecule has 3 aromatic carbocycles. The van der Waals surface area contributed by atoms with Gasteiger partial charge in [-0.15, -0.1) is 0 Å². The predicted octanol–water partition coefficient (Wildman–Crippen LogP) is 4.04. The Morgan fingerprint density at radius 3 is 2.50 bits per heavy atom. The average molecular weight is 450 g/mol. The number of anilines is 1. The molecule has 2 heterocycles. The van der Waals surface area contributed by atoms with E-state index in [1.165, 1.54) is 0 Å². The molecule has 2 aliphatic heterocycles. The zero-order valence-corrected chi connectivity index (χ0v) is 18.4. The van der Waals surface area contributed by atoms with Crippen LogP contribution in [0.25, 0.3) is 0 Å². The fourth-order valence-electron chi connectivity index (χ4n) is 3.69. The lowest BCUT2D eigenvalue weighted by molar-refractivity contribution is 0.171. The van der Waals surface area contributed by atoms with Gasteiger partial charge in [-0.05, 0) is 47.5 Å². The minimum absolute atomic E-state index is 0.136. The zero-order chi connectivity index (χ0) is 21.9. The Balaban J connectivity index is 1.22. The smallest absolute Gasteiger partial charge is 0.162 e. The van der Waals surface area contributed by atoms with Crippen LogP contribution in [0, 0.1) is 0 Å². The summed E-state index contributed by atoms with van der Waals surface area (Å²) in [6, 6.07) is 21.3. The van der Waals surface area contributed by atoms with Crippen molar-refractivity contribution < 1.29 is 18.4 Å². The molecule has 0 fully saturated rings. The molecule has 8 heteroatoms. The molecule has 2 atom stereocenters. The topological polar surface area (TPSA) is 81.2 Å². The molecule has 0 aliphatic carbocycles. The van der Waals surface area contributed by atoms with E-state index >= 15 is 0 Å². The second-order valence-electron chi connectivity index (χ2n) is 7.47. The number of nitrogens with zero attached hydrogens (tertiary/aromatic N) is 1. The Labute approximate surface area is 189 Å². The van der Waals surface area contributed by atoms with Crippen molar-refractivity contribution in [3.05, 3.63) is 77.9 Å². The largest absolute Gasteiger partial charge is 0.497 e. The standard InChI is InChI=1S/C24H23N3O4S/c1-29-19-8-4-17(5-9-19)22-15-21(25-26-22)16-2-6-18(7-3-16)27-32(28)20-10-11-23-24(14-20)31-13-12-30-23/h2-11,14,22,26-27H,12-13,15H2,1H3. The van der Waals surface area contributed by atoms with E-state index in [0.717, 1.165) is 34.7 Å². The summed E-state index contributed by atoms with van der Waals surface area (Å²) in [6.45, 7) is 1.03. The van der Waals surface area contributed by atoms with Crippen LogP contribution in [0.5, 0.6) is 17.2 Å². The molecular weight excluding hydrogens is 426 g/mol. The van der Waals surface area contributed by atoms with Crippen LogP contribution in [0.2, 0.25) is 0 Å². The number of hydrogen-bond acceptors (Lipinski definition) is 6. The van der Waals surface area contributed by atoms with Gasteiger partial charge in [-0.2, -0.15) is 5.10 Å². The molecule has 3 aromatic rings. The first-order valence-corrected chi connectivity index (χ1v) is 11.5. The van der Waals surface area contributed by atoms with Gasteiger partial charge in [0.05, 0.1) is 23.8 Å². The van der Waals surface area contributed by atoms with Crippen LogP contribution in [-0.4, -0.2) is 30.2 Å². The summed E-state index contributed by atoms with van der Waals surface area (Å²) in [5, 5.41) is 4.51. The molecule has 0 spiro atoms. The van der Waals surface area contributed by atoms with Crippen LogP contribution in [0.15, 0.2) is 76.7 Å². The number of ether oxygens (including phenoxy) is 3. The van der Waals surface area contributed by atoms with Crippen LogP contribution < -0.4 is 24.4 Å². The predicted molar refractivity (Wildman–Crippen MR) is 124 cm³/mol. The van der Waals surface area contributed by atoms with Crippen molar-refractivity contribution in [2.75, 3.05) is 25.0 Å². The summed E-state index contributed by atoms with van der Waals surface area (Å²) in [7, 11) is 0.248. The first-order valence-electron chi connectivity index (χ1n) is 10.3. The maximum absolute atomic E-state index is 12.7. The summed E-state index contributed by atoms with van der Waals surface area (Å²) in [5.74, 6) is 2.14. The van der Waals surface area contributed by atoms with Gasteiger partial charge in [-0.3, -0.25) is 0 Å². The number of fused-ring (bicyclic) bond motifs is 1. The zero-order valence-electron chi connectivity index (χ0n) is 17.5. The van der Waals surface area contributed by atoms with E-state index in [1.54, 1.807) is 25.3 Å². The maximum Gasteiger partial charge on any atom is 0.162 e. The Morgan fingerprint density at radius 2 is 1.75 bits per heavy atom. The molecule has 32 heavy (non-hydrogen) atoms. The van der Waals surface area contributed by atoms with E-state index in [2.05, 4.69) is 27.4 Å². The second kappa shape index (κ2) is 8.92. The third kappa shape index (κ3) is 4.27. The first kappa shape index (κ1) is 20.4. The van der Waals surface area contributed by atoms with Gasteiger partial charge in [0.25, 0.3) is 0 Å². The van der Waals surface area contributed by atoms with Crippen molar-refractivity contribution in [2.45, 2.75) is 17.4 Å². The summed E-state index contributed by atoms with van der Waals surface area (Å²) in [4.78, 5) is 0.630. The summed E-state index contributed by atoms with van der Waals surface area (Å²) < 4.78 is 32.1. The van der Waals surface area contributed by atoms with Gasteiger partial charge in [-0.25, -0.2) is 4.21 Å². The molecule has 0 radical (unpaired) electrons. The van der Waals surface area contributed by atoms with E-state index in [-0.39, 0.29) is 6.04 Å². The molecular formula is C24H23N3O4S. The average Bonchev–Trinajstić information content (AvgIpc) is 3.34. The van der Waals surface area contributed by atoms with Gasteiger partial charge in [-0.1, -0.05) is 24.3 Å². The highest BCUT2D eigenvalue weighted by atomic mass is 32.2. The number of hydrazone groups is 1. The van der Waals surface area contributed by atoms with Crippen LogP contribution in [0.4, 0.5) is 5.69 Å². The lowest BCUT2D eigenvalue weighted by Crippen LogP contribution is -2.15. The molecule has 164 valence electrons. The molecule has 0 saturated heterocycles. The molecule has 5 rings (SSSR count). The van der Waals surface area contributed by atoms with Crippen LogP contribution >= 0.6 is 0 Å². The Morgan fingerprint density at radius 1 is 1.00 bits per heavy atom. The number of hydrogen-bond donors (Lipinski definition) is 2. The van der Waals surface area contributed by atoms with Crippen molar-refractivity contribution in [1.82, 2.24) is 5.43 Å². The van der Waals surface area contributed by atoms with E-state index in [0.29, 0.717) is 29.6 Å². The highest BCUT2D eigenvalue weighted by Gasteiger charge is 2.21. The van der Waals surface area contributed by atoms with Crippen LogP contribution in [0.1, 0.15) is 23.6 Å². The summed E-state index contributed by atoms with van der Waals surface area (Å²) >= 11 is 0. The molecule has 2 aliphatic rings. The van der Waals surface area contributed by atoms with Gasteiger partial charge in [0.1, 0.15) is 29.9 Å². The minimum atomic E-state index is -1.41. The molecule has 2 N–H and O–H groups in total. The summed E-state index contributed by atoms with van der Waals surface area (Å²) in [6.07, 6.45) is 0.794. The van der Waals surface area contributed by atoms with Gasteiger partial charge in [0, 0.05) is 18.2 Å². The number of benzene rings is 3. The SMILES string of the molecule is COc1ccc(C2CC(c3ccc(NS(=O)c4ccc5c(c4)OCCO5)cc3)=NN2)cc1. The Bertz CT molecular complexity index is 1160. The van der Waals surface area contributed by atoms with Crippen LogP contribution in [0.3, 0.4) is 0 Å². The second-order valence-corrected chi connectivity index (χ2v) is 8.68. The monoisotopic (exact) mass is 449 g/mol. The molecule has 0 aromatic heterocycles.